The van der Waals surface area contributed by atoms with E-state index in [1.807, 2.05) is 42.5 Å². The number of ether oxygens (including phenoxy) is 3. The molecule has 0 fully saturated rings. The van der Waals surface area contributed by atoms with E-state index < -0.39 is 0 Å². The summed E-state index contributed by atoms with van der Waals surface area (Å²) >= 11 is 0. The summed E-state index contributed by atoms with van der Waals surface area (Å²) in [4.78, 5) is 11.8. The maximum atomic E-state index is 11.8. The summed E-state index contributed by atoms with van der Waals surface area (Å²) < 4.78 is 15.9. The van der Waals surface area contributed by atoms with Crippen LogP contribution < -0.4 is 14.8 Å². The number of amides is 1. The summed E-state index contributed by atoms with van der Waals surface area (Å²) in [7, 11) is 3.19. The number of benzene rings is 2. The van der Waals surface area contributed by atoms with Crippen molar-refractivity contribution in [3.05, 3.63) is 59.7 Å². The molecule has 0 saturated heterocycles. The van der Waals surface area contributed by atoms with Crippen molar-refractivity contribution in [1.82, 2.24) is 5.32 Å². The van der Waals surface area contributed by atoms with Crippen LogP contribution in [0, 0.1) is 0 Å². The number of methoxy groups -OCH3 is 2. The lowest BCUT2D eigenvalue weighted by atomic mass is 10.2. The SMILES string of the molecule is COc1ccc(CNC(=O)COCCc2ccccc2)c(OC)c1. The van der Waals surface area contributed by atoms with Gasteiger partial charge in [0.1, 0.15) is 18.1 Å². The van der Waals surface area contributed by atoms with Gasteiger partial charge < -0.3 is 19.5 Å². The molecule has 0 aromatic heterocycles. The first-order valence-corrected chi connectivity index (χ1v) is 7.82. The quantitative estimate of drug-likeness (QED) is 0.719. The van der Waals surface area contributed by atoms with E-state index in [0.717, 1.165) is 12.0 Å². The molecule has 24 heavy (non-hydrogen) atoms. The molecule has 0 aliphatic rings. The molecule has 0 heterocycles. The molecule has 0 aliphatic heterocycles. The van der Waals surface area contributed by atoms with Crippen LogP contribution in [-0.2, 0) is 22.5 Å². The van der Waals surface area contributed by atoms with Crippen molar-refractivity contribution < 1.29 is 19.0 Å². The van der Waals surface area contributed by atoms with E-state index in [0.29, 0.717) is 24.7 Å². The molecule has 2 aromatic rings. The number of carbonyl (C=O) groups excluding carboxylic acids is 1. The number of hydrogen-bond donors (Lipinski definition) is 1. The average molecular weight is 329 g/mol. The molecule has 2 aromatic carbocycles. The Labute approximate surface area is 142 Å². The second kappa shape index (κ2) is 9.57. The molecular formula is C19H23NO4. The van der Waals surface area contributed by atoms with Crippen molar-refractivity contribution in [2.75, 3.05) is 27.4 Å². The molecule has 0 unspecified atom stereocenters. The topological polar surface area (TPSA) is 56.8 Å². The lowest BCUT2D eigenvalue weighted by molar-refractivity contribution is -0.125. The van der Waals surface area contributed by atoms with E-state index in [9.17, 15) is 4.79 Å². The minimum Gasteiger partial charge on any atom is -0.497 e. The minimum atomic E-state index is -0.152. The largest absolute Gasteiger partial charge is 0.497 e. The molecule has 0 aliphatic carbocycles. The molecule has 0 bridgehead atoms. The van der Waals surface area contributed by atoms with E-state index in [2.05, 4.69) is 5.32 Å². The highest BCUT2D eigenvalue weighted by Gasteiger charge is 2.07. The lowest BCUT2D eigenvalue weighted by Gasteiger charge is -2.11. The summed E-state index contributed by atoms with van der Waals surface area (Å²) in [5, 5.41) is 2.83. The Morgan fingerprint density at radius 3 is 2.54 bits per heavy atom. The van der Waals surface area contributed by atoms with Crippen molar-refractivity contribution >= 4 is 5.91 Å². The van der Waals surface area contributed by atoms with Gasteiger partial charge in [-0.3, -0.25) is 4.79 Å². The Bertz CT molecular complexity index is 643. The number of hydrogen-bond acceptors (Lipinski definition) is 4. The smallest absolute Gasteiger partial charge is 0.246 e. The standard InChI is InChI=1S/C19H23NO4/c1-22-17-9-8-16(18(12-17)23-2)13-20-19(21)14-24-11-10-15-6-4-3-5-7-15/h3-9,12H,10-11,13-14H2,1-2H3,(H,20,21). The van der Waals surface area contributed by atoms with Gasteiger partial charge in [-0.1, -0.05) is 30.3 Å². The van der Waals surface area contributed by atoms with Crippen LogP contribution in [0.5, 0.6) is 11.5 Å². The van der Waals surface area contributed by atoms with Gasteiger partial charge in [-0.05, 0) is 24.1 Å². The lowest BCUT2D eigenvalue weighted by Crippen LogP contribution is -2.27. The molecule has 128 valence electrons. The van der Waals surface area contributed by atoms with Gasteiger partial charge in [0.2, 0.25) is 5.91 Å². The predicted octanol–water partition coefficient (Wildman–Crippen LogP) is 2.58. The molecule has 1 amide bonds. The zero-order chi connectivity index (χ0) is 17.2. The highest BCUT2D eigenvalue weighted by molar-refractivity contribution is 5.77. The van der Waals surface area contributed by atoms with Crippen molar-refractivity contribution in [3.63, 3.8) is 0 Å². The van der Waals surface area contributed by atoms with Crippen molar-refractivity contribution in [2.24, 2.45) is 0 Å². The molecule has 1 N–H and O–H groups in total. The maximum absolute atomic E-state index is 11.8. The summed E-state index contributed by atoms with van der Waals surface area (Å²) in [6.45, 7) is 0.947. The molecule has 2 rings (SSSR count). The Morgan fingerprint density at radius 2 is 1.83 bits per heavy atom. The average Bonchev–Trinajstić information content (AvgIpc) is 2.64. The van der Waals surface area contributed by atoms with E-state index in [4.69, 9.17) is 14.2 Å². The molecule has 0 saturated carbocycles. The predicted molar refractivity (Wildman–Crippen MR) is 92.4 cm³/mol. The van der Waals surface area contributed by atoms with Crippen LogP contribution in [0.4, 0.5) is 0 Å². The third-order valence-electron chi connectivity index (χ3n) is 3.58. The van der Waals surface area contributed by atoms with Crippen LogP contribution in [0.2, 0.25) is 0 Å². The van der Waals surface area contributed by atoms with Crippen LogP contribution in [0.3, 0.4) is 0 Å². The molecular weight excluding hydrogens is 306 g/mol. The van der Waals surface area contributed by atoms with Gasteiger partial charge in [0.25, 0.3) is 0 Å². The van der Waals surface area contributed by atoms with Gasteiger partial charge in [0, 0.05) is 18.2 Å². The van der Waals surface area contributed by atoms with Crippen LogP contribution in [0.1, 0.15) is 11.1 Å². The highest BCUT2D eigenvalue weighted by Crippen LogP contribution is 2.24. The third kappa shape index (κ3) is 5.59. The van der Waals surface area contributed by atoms with Crippen LogP contribution >= 0.6 is 0 Å². The Morgan fingerprint density at radius 1 is 1.04 bits per heavy atom. The Balaban J connectivity index is 1.71. The number of carbonyl (C=O) groups is 1. The van der Waals surface area contributed by atoms with Gasteiger partial charge in [0.05, 0.1) is 20.8 Å². The Hall–Kier alpha value is -2.53. The molecule has 0 spiro atoms. The van der Waals surface area contributed by atoms with E-state index in [1.54, 1.807) is 20.3 Å². The zero-order valence-corrected chi connectivity index (χ0v) is 14.1. The van der Waals surface area contributed by atoms with Crippen LogP contribution in [-0.4, -0.2) is 33.3 Å². The molecule has 0 atom stereocenters. The number of rotatable bonds is 9. The summed E-state index contributed by atoms with van der Waals surface area (Å²) in [6, 6.07) is 15.5. The fourth-order valence-electron chi connectivity index (χ4n) is 2.24. The highest BCUT2D eigenvalue weighted by atomic mass is 16.5. The van der Waals surface area contributed by atoms with Gasteiger partial charge in [0.15, 0.2) is 0 Å². The first kappa shape index (κ1) is 17.8. The normalized spacial score (nSPS) is 10.2. The zero-order valence-electron chi connectivity index (χ0n) is 14.1. The van der Waals surface area contributed by atoms with Gasteiger partial charge in [-0.15, -0.1) is 0 Å². The van der Waals surface area contributed by atoms with Crippen molar-refractivity contribution in [1.29, 1.82) is 0 Å². The summed E-state index contributed by atoms with van der Waals surface area (Å²) in [5.41, 5.74) is 2.08. The first-order chi connectivity index (χ1) is 11.7. The fourth-order valence-corrected chi connectivity index (χ4v) is 2.24. The summed E-state index contributed by atoms with van der Waals surface area (Å²) in [5.74, 6) is 1.24. The van der Waals surface area contributed by atoms with Gasteiger partial charge in [-0.25, -0.2) is 0 Å². The van der Waals surface area contributed by atoms with Crippen molar-refractivity contribution in [3.8, 4) is 11.5 Å². The monoisotopic (exact) mass is 329 g/mol. The molecule has 0 radical (unpaired) electrons. The number of nitrogens with one attached hydrogen (secondary N) is 1. The first-order valence-electron chi connectivity index (χ1n) is 7.82. The van der Waals surface area contributed by atoms with Gasteiger partial charge in [-0.2, -0.15) is 0 Å². The van der Waals surface area contributed by atoms with Crippen LogP contribution in [0.25, 0.3) is 0 Å². The minimum absolute atomic E-state index is 0.0469. The van der Waals surface area contributed by atoms with E-state index in [-0.39, 0.29) is 12.5 Å². The van der Waals surface area contributed by atoms with Gasteiger partial charge >= 0.3 is 0 Å². The van der Waals surface area contributed by atoms with E-state index in [1.165, 1.54) is 5.56 Å². The second-order valence-corrected chi connectivity index (χ2v) is 5.24. The maximum Gasteiger partial charge on any atom is 0.246 e. The third-order valence-corrected chi connectivity index (χ3v) is 3.58. The second-order valence-electron chi connectivity index (χ2n) is 5.24. The molecule has 5 heteroatoms. The Kier molecular flexibility index (Phi) is 7.11. The van der Waals surface area contributed by atoms with Crippen LogP contribution in [0.15, 0.2) is 48.5 Å². The van der Waals surface area contributed by atoms with E-state index >= 15 is 0 Å². The molecule has 5 nitrogen and oxygen atoms in total. The summed E-state index contributed by atoms with van der Waals surface area (Å²) in [6.07, 6.45) is 0.792. The van der Waals surface area contributed by atoms with Crippen molar-refractivity contribution in [2.45, 2.75) is 13.0 Å². The fraction of sp³-hybridized carbons (Fsp3) is 0.316.